The van der Waals surface area contributed by atoms with Gasteiger partial charge in [0.2, 0.25) is 0 Å². The molecule has 0 unspecified atom stereocenters. The molecule has 1 rings (SSSR count). The SMILES string of the molecule is CCC(CC)(NC(=O)c1cccc(Br)c1)C(=O)O. The zero-order chi connectivity index (χ0) is 13.8. The van der Waals surface area contributed by atoms with Crippen molar-refractivity contribution in [2.45, 2.75) is 32.2 Å². The molecule has 98 valence electrons. The van der Waals surface area contributed by atoms with Gasteiger partial charge in [0.05, 0.1) is 0 Å². The third-order valence-electron chi connectivity index (χ3n) is 3.06. The lowest BCUT2D eigenvalue weighted by Gasteiger charge is -2.28. The van der Waals surface area contributed by atoms with Crippen LogP contribution in [0.1, 0.15) is 37.0 Å². The van der Waals surface area contributed by atoms with Crippen LogP contribution in [0.15, 0.2) is 28.7 Å². The molecule has 0 aliphatic rings. The highest BCUT2D eigenvalue weighted by atomic mass is 79.9. The van der Waals surface area contributed by atoms with Gasteiger partial charge in [0.25, 0.3) is 5.91 Å². The Balaban J connectivity index is 2.95. The largest absolute Gasteiger partial charge is 0.480 e. The van der Waals surface area contributed by atoms with Crippen LogP contribution in [0.5, 0.6) is 0 Å². The second kappa shape index (κ2) is 6.00. The lowest BCUT2D eigenvalue weighted by Crippen LogP contribution is -2.53. The third kappa shape index (κ3) is 3.10. The quantitative estimate of drug-likeness (QED) is 0.878. The molecule has 4 nitrogen and oxygen atoms in total. The Labute approximate surface area is 115 Å². The monoisotopic (exact) mass is 313 g/mol. The van der Waals surface area contributed by atoms with E-state index in [1.165, 1.54) is 0 Å². The van der Waals surface area contributed by atoms with Gasteiger partial charge in [0, 0.05) is 10.0 Å². The summed E-state index contributed by atoms with van der Waals surface area (Å²) in [5, 5.41) is 11.9. The van der Waals surface area contributed by atoms with Gasteiger partial charge in [-0.3, -0.25) is 4.79 Å². The summed E-state index contributed by atoms with van der Waals surface area (Å²) in [5.41, 5.74) is -0.753. The van der Waals surface area contributed by atoms with Gasteiger partial charge in [-0.15, -0.1) is 0 Å². The van der Waals surface area contributed by atoms with Crippen LogP contribution in [0.2, 0.25) is 0 Å². The molecular formula is C13H16BrNO3. The first kappa shape index (κ1) is 14.7. The fourth-order valence-electron chi connectivity index (χ4n) is 1.70. The number of nitrogens with one attached hydrogen (secondary N) is 1. The Morgan fingerprint density at radius 2 is 1.94 bits per heavy atom. The topological polar surface area (TPSA) is 66.4 Å². The van der Waals surface area contributed by atoms with Crippen molar-refractivity contribution >= 4 is 27.8 Å². The molecule has 0 fully saturated rings. The Morgan fingerprint density at radius 3 is 2.39 bits per heavy atom. The fourth-order valence-corrected chi connectivity index (χ4v) is 2.10. The summed E-state index contributed by atoms with van der Waals surface area (Å²) in [5.74, 6) is -1.38. The van der Waals surface area contributed by atoms with Gasteiger partial charge in [-0.25, -0.2) is 4.79 Å². The first-order valence-electron chi connectivity index (χ1n) is 5.76. The van der Waals surface area contributed by atoms with E-state index in [2.05, 4.69) is 21.2 Å². The van der Waals surface area contributed by atoms with Crippen LogP contribution >= 0.6 is 15.9 Å². The Bertz CT molecular complexity index is 455. The number of carbonyl (C=O) groups is 2. The zero-order valence-corrected chi connectivity index (χ0v) is 12.0. The Kier molecular flexibility index (Phi) is 4.90. The van der Waals surface area contributed by atoms with E-state index >= 15 is 0 Å². The van der Waals surface area contributed by atoms with Crippen LogP contribution in [0, 0.1) is 0 Å². The lowest BCUT2D eigenvalue weighted by molar-refractivity contribution is -0.144. The van der Waals surface area contributed by atoms with E-state index in [1.54, 1.807) is 38.1 Å². The summed E-state index contributed by atoms with van der Waals surface area (Å²) in [6.45, 7) is 3.50. The highest BCUT2D eigenvalue weighted by Gasteiger charge is 2.36. The van der Waals surface area contributed by atoms with Crippen molar-refractivity contribution in [2.75, 3.05) is 0 Å². The molecule has 5 heteroatoms. The molecule has 0 atom stereocenters. The number of halogens is 1. The highest BCUT2D eigenvalue weighted by molar-refractivity contribution is 9.10. The summed E-state index contributed by atoms with van der Waals surface area (Å²) in [6, 6.07) is 6.85. The summed E-state index contributed by atoms with van der Waals surface area (Å²) in [4.78, 5) is 23.3. The molecule has 0 aromatic heterocycles. The smallest absolute Gasteiger partial charge is 0.329 e. The molecule has 2 N–H and O–H groups in total. The van der Waals surface area contributed by atoms with Crippen molar-refractivity contribution in [1.29, 1.82) is 0 Å². The number of benzene rings is 1. The summed E-state index contributed by atoms with van der Waals surface area (Å²) < 4.78 is 0.782. The molecule has 18 heavy (non-hydrogen) atoms. The molecule has 0 saturated carbocycles. The predicted octanol–water partition coefficient (Wildman–Crippen LogP) is 2.82. The number of amides is 1. The number of aliphatic carboxylic acids is 1. The van der Waals surface area contributed by atoms with E-state index in [0.29, 0.717) is 18.4 Å². The van der Waals surface area contributed by atoms with E-state index < -0.39 is 11.5 Å². The molecular weight excluding hydrogens is 298 g/mol. The Hall–Kier alpha value is -1.36. The summed E-state index contributed by atoms with van der Waals surface area (Å²) in [7, 11) is 0. The van der Waals surface area contributed by atoms with Crippen molar-refractivity contribution in [1.82, 2.24) is 5.32 Å². The van der Waals surface area contributed by atoms with Gasteiger partial charge < -0.3 is 10.4 Å². The summed E-state index contributed by atoms with van der Waals surface area (Å²) >= 11 is 3.28. The standard InChI is InChI=1S/C13H16BrNO3/c1-3-13(4-2,12(17)18)15-11(16)9-6-5-7-10(14)8-9/h5-8H,3-4H2,1-2H3,(H,15,16)(H,17,18). The van der Waals surface area contributed by atoms with Gasteiger partial charge in [0.1, 0.15) is 5.54 Å². The van der Waals surface area contributed by atoms with E-state index in [-0.39, 0.29) is 5.91 Å². The zero-order valence-electron chi connectivity index (χ0n) is 10.4. The molecule has 0 aliphatic carbocycles. The molecule has 1 amide bonds. The van der Waals surface area contributed by atoms with E-state index in [1.807, 2.05) is 0 Å². The molecule has 0 bridgehead atoms. The first-order chi connectivity index (χ1) is 8.45. The van der Waals surface area contributed by atoms with Gasteiger partial charge in [-0.05, 0) is 31.0 Å². The van der Waals surface area contributed by atoms with Crippen molar-refractivity contribution in [3.05, 3.63) is 34.3 Å². The maximum absolute atomic E-state index is 12.0. The maximum atomic E-state index is 12.0. The van der Waals surface area contributed by atoms with Crippen LogP contribution in [-0.2, 0) is 4.79 Å². The minimum atomic E-state index is -1.20. The van der Waals surface area contributed by atoms with Gasteiger partial charge in [-0.1, -0.05) is 35.8 Å². The summed E-state index contributed by atoms with van der Waals surface area (Å²) in [6.07, 6.45) is 0.692. The predicted molar refractivity (Wildman–Crippen MR) is 72.6 cm³/mol. The number of carboxylic acid groups (broad SMARTS) is 1. The van der Waals surface area contributed by atoms with Gasteiger partial charge in [0.15, 0.2) is 0 Å². The van der Waals surface area contributed by atoms with Crippen LogP contribution in [-0.4, -0.2) is 22.5 Å². The van der Waals surface area contributed by atoms with E-state index in [0.717, 1.165) is 4.47 Å². The minimum Gasteiger partial charge on any atom is -0.480 e. The van der Waals surface area contributed by atoms with Crippen molar-refractivity contribution in [3.8, 4) is 0 Å². The van der Waals surface area contributed by atoms with Crippen LogP contribution in [0.3, 0.4) is 0 Å². The fraction of sp³-hybridized carbons (Fsp3) is 0.385. The highest BCUT2D eigenvalue weighted by Crippen LogP contribution is 2.18. The number of hydrogen-bond donors (Lipinski definition) is 2. The van der Waals surface area contributed by atoms with E-state index in [9.17, 15) is 14.7 Å². The van der Waals surface area contributed by atoms with Crippen LogP contribution in [0.25, 0.3) is 0 Å². The number of hydrogen-bond acceptors (Lipinski definition) is 2. The average molecular weight is 314 g/mol. The van der Waals surface area contributed by atoms with Crippen molar-refractivity contribution in [2.24, 2.45) is 0 Å². The van der Waals surface area contributed by atoms with Gasteiger partial charge >= 0.3 is 5.97 Å². The van der Waals surface area contributed by atoms with Gasteiger partial charge in [-0.2, -0.15) is 0 Å². The number of carbonyl (C=O) groups excluding carboxylic acids is 1. The normalized spacial score (nSPS) is 11.1. The second-order valence-electron chi connectivity index (χ2n) is 4.06. The molecule has 0 spiro atoms. The molecule has 0 heterocycles. The Morgan fingerprint density at radius 1 is 1.33 bits per heavy atom. The number of rotatable bonds is 5. The van der Waals surface area contributed by atoms with E-state index in [4.69, 9.17) is 0 Å². The number of carboxylic acids is 1. The van der Waals surface area contributed by atoms with Crippen LogP contribution in [0.4, 0.5) is 0 Å². The first-order valence-corrected chi connectivity index (χ1v) is 6.56. The maximum Gasteiger partial charge on any atom is 0.329 e. The molecule has 0 radical (unpaired) electrons. The molecule has 0 saturated heterocycles. The molecule has 0 aliphatic heterocycles. The molecule has 1 aromatic carbocycles. The average Bonchev–Trinajstić information content (AvgIpc) is 2.35. The van der Waals surface area contributed by atoms with Crippen molar-refractivity contribution in [3.63, 3.8) is 0 Å². The minimum absolute atomic E-state index is 0.346. The molecule has 1 aromatic rings. The lowest BCUT2D eigenvalue weighted by atomic mass is 9.92. The third-order valence-corrected chi connectivity index (χ3v) is 3.55. The second-order valence-corrected chi connectivity index (χ2v) is 4.97. The van der Waals surface area contributed by atoms with Crippen LogP contribution < -0.4 is 5.32 Å². The van der Waals surface area contributed by atoms with Crippen molar-refractivity contribution < 1.29 is 14.7 Å².